The zero-order valence-electron chi connectivity index (χ0n) is 9.07. The van der Waals surface area contributed by atoms with Gasteiger partial charge in [0.1, 0.15) is 4.90 Å². The highest BCUT2D eigenvalue weighted by atomic mass is 32.2. The number of aromatic carboxylic acids is 1. The molecule has 0 aliphatic rings. The van der Waals surface area contributed by atoms with Crippen molar-refractivity contribution in [1.82, 2.24) is 0 Å². The second-order valence-electron chi connectivity index (χ2n) is 3.67. The van der Waals surface area contributed by atoms with Gasteiger partial charge in [-0.3, -0.25) is 0 Å². The summed E-state index contributed by atoms with van der Waals surface area (Å²) in [5.41, 5.74) is -0.608. The molecule has 1 rings (SSSR count). The molecule has 0 fully saturated rings. The highest BCUT2D eigenvalue weighted by molar-refractivity contribution is 7.92. The van der Waals surface area contributed by atoms with Gasteiger partial charge in [0, 0.05) is 0 Å². The van der Waals surface area contributed by atoms with Gasteiger partial charge in [-0.15, -0.1) is 0 Å². The van der Waals surface area contributed by atoms with Crippen LogP contribution in [-0.2, 0) is 9.84 Å². The summed E-state index contributed by atoms with van der Waals surface area (Å²) in [6, 6.07) is 1.06. The van der Waals surface area contributed by atoms with E-state index in [1.54, 1.807) is 0 Å². The lowest BCUT2D eigenvalue weighted by Gasteiger charge is -2.10. The van der Waals surface area contributed by atoms with Crippen molar-refractivity contribution < 1.29 is 27.1 Å². The molecule has 1 aromatic carbocycles. The maximum Gasteiger partial charge on any atom is 0.335 e. The smallest absolute Gasteiger partial charge is 0.335 e. The molecule has 94 valence electrons. The Labute approximate surface area is 96.8 Å². The van der Waals surface area contributed by atoms with Crippen LogP contribution in [0.3, 0.4) is 0 Å². The van der Waals surface area contributed by atoms with Crippen molar-refractivity contribution in [2.45, 2.75) is 24.0 Å². The van der Waals surface area contributed by atoms with Crippen LogP contribution in [0.4, 0.5) is 8.78 Å². The molecule has 17 heavy (non-hydrogen) atoms. The molecule has 0 aliphatic heterocycles. The maximum atomic E-state index is 13.4. The normalized spacial score (nSPS) is 11.8. The molecule has 0 bridgehead atoms. The molecule has 0 heterocycles. The van der Waals surface area contributed by atoms with Crippen LogP contribution in [-0.4, -0.2) is 24.7 Å². The van der Waals surface area contributed by atoms with E-state index < -0.39 is 43.1 Å². The number of rotatable bonds is 3. The first kappa shape index (κ1) is 13.6. The third kappa shape index (κ3) is 2.44. The van der Waals surface area contributed by atoms with E-state index >= 15 is 0 Å². The van der Waals surface area contributed by atoms with Gasteiger partial charge < -0.3 is 5.11 Å². The summed E-state index contributed by atoms with van der Waals surface area (Å²) >= 11 is 0. The van der Waals surface area contributed by atoms with Crippen molar-refractivity contribution in [3.05, 3.63) is 29.3 Å². The van der Waals surface area contributed by atoms with Gasteiger partial charge in [-0.05, 0) is 26.0 Å². The minimum Gasteiger partial charge on any atom is -0.478 e. The van der Waals surface area contributed by atoms with Crippen LogP contribution in [0.5, 0.6) is 0 Å². The van der Waals surface area contributed by atoms with Crippen molar-refractivity contribution in [2.75, 3.05) is 0 Å². The maximum absolute atomic E-state index is 13.4. The summed E-state index contributed by atoms with van der Waals surface area (Å²) in [6.07, 6.45) is 0. The lowest BCUT2D eigenvalue weighted by Crippen LogP contribution is -2.17. The molecule has 0 unspecified atom stereocenters. The molecule has 0 amide bonds. The number of carboxylic acid groups (broad SMARTS) is 1. The van der Waals surface area contributed by atoms with E-state index in [9.17, 15) is 22.0 Å². The second kappa shape index (κ2) is 4.40. The van der Waals surface area contributed by atoms with E-state index in [-0.39, 0.29) is 0 Å². The lowest BCUT2D eigenvalue weighted by molar-refractivity contribution is 0.0696. The van der Waals surface area contributed by atoms with Gasteiger partial charge in [-0.1, -0.05) is 0 Å². The highest BCUT2D eigenvalue weighted by Gasteiger charge is 2.27. The fourth-order valence-electron chi connectivity index (χ4n) is 1.15. The zero-order valence-corrected chi connectivity index (χ0v) is 9.88. The quantitative estimate of drug-likeness (QED) is 0.904. The third-order valence-electron chi connectivity index (χ3n) is 2.17. The first-order chi connectivity index (χ1) is 7.67. The molecule has 0 atom stereocenters. The molecule has 0 spiro atoms. The van der Waals surface area contributed by atoms with E-state index in [1.807, 2.05) is 0 Å². The van der Waals surface area contributed by atoms with Crippen LogP contribution in [0.15, 0.2) is 17.0 Å². The van der Waals surface area contributed by atoms with Crippen LogP contribution in [0.2, 0.25) is 0 Å². The predicted molar refractivity (Wildman–Crippen MR) is 55.6 cm³/mol. The van der Waals surface area contributed by atoms with E-state index in [1.165, 1.54) is 13.8 Å². The van der Waals surface area contributed by atoms with E-state index in [0.29, 0.717) is 12.1 Å². The molecule has 0 saturated heterocycles. The molecule has 0 radical (unpaired) electrons. The van der Waals surface area contributed by atoms with Crippen molar-refractivity contribution >= 4 is 15.8 Å². The molecule has 1 aromatic rings. The number of carboxylic acids is 1. The molecule has 0 aliphatic carbocycles. The Kier molecular flexibility index (Phi) is 3.51. The van der Waals surface area contributed by atoms with E-state index in [4.69, 9.17) is 5.11 Å². The molecule has 1 N–H and O–H groups in total. The van der Waals surface area contributed by atoms with E-state index in [2.05, 4.69) is 0 Å². The largest absolute Gasteiger partial charge is 0.478 e. The summed E-state index contributed by atoms with van der Waals surface area (Å²) in [5, 5.41) is 7.67. The van der Waals surface area contributed by atoms with Crippen molar-refractivity contribution in [1.29, 1.82) is 0 Å². The SMILES string of the molecule is CC(C)S(=O)(=O)c1cc(C(=O)O)cc(F)c1F. The van der Waals surface area contributed by atoms with Gasteiger partial charge in [0.05, 0.1) is 10.8 Å². The highest BCUT2D eigenvalue weighted by Crippen LogP contribution is 2.23. The Morgan fingerprint density at radius 2 is 1.82 bits per heavy atom. The second-order valence-corrected chi connectivity index (χ2v) is 6.14. The average Bonchev–Trinajstić information content (AvgIpc) is 2.20. The van der Waals surface area contributed by atoms with Crippen molar-refractivity contribution in [3.63, 3.8) is 0 Å². The van der Waals surface area contributed by atoms with Gasteiger partial charge in [0.25, 0.3) is 0 Å². The fraction of sp³-hybridized carbons (Fsp3) is 0.300. The van der Waals surface area contributed by atoms with Crippen LogP contribution in [0.25, 0.3) is 0 Å². The van der Waals surface area contributed by atoms with Crippen molar-refractivity contribution in [2.24, 2.45) is 0 Å². The molecule has 7 heteroatoms. The number of hydrogen-bond donors (Lipinski definition) is 1. The van der Waals surface area contributed by atoms with Crippen LogP contribution < -0.4 is 0 Å². The first-order valence-electron chi connectivity index (χ1n) is 4.64. The van der Waals surface area contributed by atoms with Gasteiger partial charge in [0.2, 0.25) is 0 Å². The molecule has 0 saturated carbocycles. The Morgan fingerprint density at radius 1 is 1.29 bits per heavy atom. The van der Waals surface area contributed by atoms with Gasteiger partial charge in [-0.25, -0.2) is 22.0 Å². The number of halogens is 2. The zero-order chi connectivity index (χ0) is 13.4. The average molecular weight is 264 g/mol. The summed E-state index contributed by atoms with van der Waals surface area (Å²) in [7, 11) is -4.06. The summed E-state index contributed by atoms with van der Waals surface area (Å²) in [4.78, 5) is 9.70. The Hall–Kier alpha value is -1.50. The molecule has 0 aromatic heterocycles. The third-order valence-corrected chi connectivity index (χ3v) is 4.32. The topological polar surface area (TPSA) is 71.4 Å². The Bertz CT molecular complexity index is 564. The minimum absolute atomic E-state index is 0.441. The van der Waals surface area contributed by atoms with Gasteiger partial charge in [-0.2, -0.15) is 0 Å². The number of sulfone groups is 1. The predicted octanol–water partition coefficient (Wildman–Crippen LogP) is 1.85. The van der Waals surface area contributed by atoms with Gasteiger partial charge >= 0.3 is 5.97 Å². The number of benzene rings is 1. The Morgan fingerprint density at radius 3 is 2.24 bits per heavy atom. The van der Waals surface area contributed by atoms with Crippen LogP contribution in [0, 0.1) is 11.6 Å². The number of hydrogen-bond acceptors (Lipinski definition) is 3. The lowest BCUT2D eigenvalue weighted by atomic mass is 10.2. The molecular formula is C10H10F2O4S. The molecule has 4 nitrogen and oxygen atoms in total. The Balaban J connectivity index is 3.60. The standard InChI is InChI=1S/C10H10F2O4S/c1-5(2)17(15,16)8-4-6(10(13)14)3-7(11)9(8)12/h3-5H,1-2H3,(H,13,14). The summed E-state index contributed by atoms with van der Waals surface area (Å²) < 4.78 is 49.8. The minimum atomic E-state index is -4.06. The van der Waals surface area contributed by atoms with Crippen LogP contribution >= 0.6 is 0 Å². The monoisotopic (exact) mass is 264 g/mol. The van der Waals surface area contributed by atoms with Gasteiger partial charge in [0.15, 0.2) is 21.5 Å². The summed E-state index contributed by atoms with van der Waals surface area (Å²) in [5.74, 6) is -4.57. The van der Waals surface area contributed by atoms with Crippen LogP contribution in [0.1, 0.15) is 24.2 Å². The fourth-order valence-corrected chi connectivity index (χ4v) is 2.29. The van der Waals surface area contributed by atoms with Crippen molar-refractivity contribution in [3.8, 4) is 0 Å². The van der Waals surface area contributed by atoms with E-state index in [0.717, 1.165) is 0 Å². The summed E-state index contributed by atoms with van der Waals surface area (Å²) in [6.45, 7) is 2.58. The first-order valence-corrected chi connectivity index (χ1v) is 6.18. The molecular weight excluding hydrogens is 254 g/mol. The number of carbonyl (C=O) groups is 1.